The third-order valence-electron chi connectivity index (χ3n) is 4.91. The van der Waals surface area contributed by atoms with Gasteiger partial charge in [0.15, 0.2) is 11.9 Å². The average Bonchev–Trinajstić information content (AvgIpc) is 3.32. The predicted octanol–water partition coefficient (Wildman–Crippen LogP) is 4.52. The Kier molecular flexibility index (Phi) is 6.98. The number of rotatable bonds is 8. The predicted molar refractivity (Wildman–Crippen MR) is 128 cm³/mol. The van der Waals surface area contributed by atoms with Gasteiger partial charge in [0.2, 0.25) is 0 Å². The maximum absolute atomic E-state index is 12.8. The highest BCUT2D eigenvalue weighted by atomic mass is 16.5. The molecule has 0 bridgehead atoms. The van der Waals surface area contributed by atoms with Gasteiger partial charge in [-0.2, -0.15) is 0 Å². The summed E-state index contributed by atoms with van der Waals surface area (Å²) >= 11 is 0. The second kappa shape index (κ2) is 10.4. The van der Waals surface area contributed by atoms with E-state index in [0.717, 1.165) is 11.3 Å². The summed E-state index contributed by atoms with van der Waals surface area (Å²) in [7, 11) is 0. The molecule has 172 valence electrons. The average molecular weight is 457 g/mol. The number of aromatic nitrogens is 3. The summed E-state index contributed by atoms with van der Waals surface area (Å²) in [5.41, 5.74) is 2.10. The highest BCUT2D eigenvalue weighted by molar-refractivity contribution is 5.96. The fourth-order valence-corrected chi connectivity index (χ4v) is 3.23. The Morgan fingerprint density at radius 1 is 0.941 bits per heavy atom. The van der Waals surface area contributed by atoms with Gasteiger partial charge in [0, 0.05) is 11.3 Å². The van der Waals surface area contributed by atoms with Crippen molar-refractivity contribution in [3.8, 4) is 22.8 Å². The van der Waals surface area contributed by atoms with Gasteiger partial charge in [0.05, 0.1) is 12.3 Å². The Hall–Kier alpha value is -4.46. The number of hydrogen-bond acceptors (Lipinski definition) is 6. The molecule has 8 nitrogen and oxygen atoms in total. The molecule has 1 atom stereocenters. The summed E-state index contributed by atoms with van der Waals surface area (Å²) in [5, 5.41) is 7.08. The van der Waals surface area contributed by atoms with E-state index < -0.39 is 18.0 Å². The SMILES string of the molecule is CCOc1ccc(NC(=O)C(C)OC(=O)c2nc(-c3ccccc3)n(-c3ccccc3)n2)cc1. The van der Waals surface area contributed by atoms with E-state index >= 15 is 0 Å². The van der Waals surface area contributed by atoms with E-state index in [1.165, 1.54) is 6.92 Å². The van der Waals surface area contributed by atoms with Crippen LogP contribution in [-0.4, -0.2) is 39.4 Å². The fourth-order valence-electron chi connectivity index (χ4n) is 3.23. The Bertz CT molecular complexity index is 1200. The minimum absolute atomic E-state index is 0.136. The molecule has 1 heterocycles. The number of para-hydroxylation sites is 1. The molecule has 0 saturated carbocycles. The van der Waals surface area contributed by atoms with Gasteiger partial charge in [-0.05, 0) is 50.2 Å². The molecule has 0 radical (unpaired) electrons. The number of anilines is 1. The molecular formula is C26H24N4O4. The molecule has 4 rings (SSSR count). The summed E-state index contributed by atoms with van der Waals surface area (Å²) in [6.45, 7) is 3.94. The minimum atomic E-state index is -1.05. The molecule has 0 saturated heterocycles. The zero-order valence-electron chi connectivity index (χ0n) is 18.8. The van der Waals surface area contributed by atoms with Crippen molar-refractivity contribution in [1.29, 1.82) is 0 Å². The van der Waals surface area contributed by atoms with E-state index in [4.69, 9.17) is 9.47 Å². The maximum Gasteiger partial charge on any atom is 0.379 e. The number of esters is 1. The zero-order valence-corrected chi connectivity index (χ0v) is 18.8. The van der Waals surface area contributed by atoms with Crippen LogP contribution in [0.25, 0.3) is 17.1 Å². The molecule has 0 spiro atoms. The summed E-state index contributed by atoms with van der Waals surface area (Å²) in [6.07, 6.45) is -1.05. The van der Waals surface area contributed by atoms with E-state index in [2.05, 4.69) is 15.4 Å². The first-order valence-electron chi connectivity index (χ1n) is 10.9. The monoisotopic (exact) mass is 456 g/mol. The lowest BCUT2D eigenvalue weighted by molar-refractivity contribution is -0.123. The molecule has 8 heteroatoms. The van der Waals surface area contributed by atoms with Crippen LogP contribution in [0.1, 0.15) is 24.5 Å². The minimum Gasteiger partial charge on any atom is -0.494 e. The van der Waals surface area contributed by atoms with Crippen molar-refractivity contribution in [2.75, 3.05) is 11.9 Å². The molecular weight excluding hydrogens is 432 g/mol. The number of carbonyl (C=O) groups is 2. The highest BCUT2D eigenvalue weighted by Gasteiger charge is 2.24. The second-order valence-electron chi connectivity index (χ2n) is 7.37. The van der Waals surface area contributed by atoms with Crippen LogP contribution in [0.4, 0.5) is 5.69 Å². The zero-order chi connectivity index (χ0) is 23.9. The summed E-state index contributed by atoms with van der Waals surface area (Å²) in [4.78, 5) is 29.8. The van der Waals surface area contributed by atoms with Gasteiger partial charge in [0.1, 0.15) is 5.75 Å². The second-order valence-corrected chi connectivity index (χ2v) is 7.37. The van der Waals surface area contributed by atoms with Crippen molar-refractivity contribution in [2.24, 2.45) is 0 Å². The van der Waals surface area contributed by atoms with E-state index in [1.54, 1.807) is 28.9 Å². The molecule has 0 fully saturated rings. The Morgan fingerprint density at radius 3 is 2.24 bits per heavy atom. The largest absolute Gasteiger partial charge is 0.494 e. The van der Waals surface area contributed by atoms with Crippen LogP contribution >= 0.6 is 0 Å². The molecule has 3 aromatic carbocycles. The molecule has 1 N–H and O–H groups in total. The van der Waals surface area contributed by atoms with Crippen LogP contribution in [0.2, 0.25) is 0 Å². The van der Waals surface area contributed by atoms with Crippen LogP contribution < -0.4 is 10.1 Å². The molecule has 0 aliphatic rings. The topological polar surface area (TPSA) is 95.3 Å². The van der Waals surface area contributed by atoms with Crippen LogP contribution in [0.3, 0.4) is 0 Å². The molecule has 4 aromatic rings. The number of nitrogens with one attached hydrogen (secondary N) is 1. The van der Waals surface area contributed by atoms with Crippen molar-refractivity contribution < 1.29 is 19.1 Å². The summed E-state index contributed by atoms with van der Waals surface area (Å²) in [6, 6.07) is 25.7. The molecule has 0 aliphatic carbocycles. The van der Waals surface area contributed by atoms with Crippen LogP contribution in [0.15, 0.2) is 84.9 Å². The van der Waals surface area contributed by atoms with Crippen molar-refractivity contribution >= 4 is 17.6 Å². The first-order valence-corrected chi connectivity index (χ1v) is 10.9. The maximum atomic E-state index is 12.8. The van der Waals surface area contributed by atoms with Gasteiger partial charge in [-0.3, -0.25) is 4.79 Å². The van der Waals surface area contributed by atoms with Crippen molar-refractivity contribution in [2.45, 2.75) is 20.0 Å². The van der Waals surface area contributed by atoms with Gasteiger partial charge in [0.25, 0.3) is 11.7 Å². The standard InChI is InChI=1S/C26H24N4O4/c1-3-33-22-16-14-20(15-17-22)27-25(31)18(2)34-26(32)23-28-24(19-10-6-4-7-11-19)30(29-23)21-12-8-5-9-13-21/h4-18H,3H2,1-2H3,(H,27,31). The fraction of sp³-hybridized carbons (Fsp3) is 0.154. The number of hydrogen-bond donors (Lipinski definition) is 1. The molecule has 1 unspecified atom stereocenters. The quantitative estimate of drug-likeness (QED) is 0.392. The van der Waals surface area contributed by atoms with Crippen molar-refractivity contribution in [3.05, 3.63) is 90.8 Å². The lowest BCUT2D eigenvalue weighted by Crippen LogP contribution is -2.30. The number of carbonyl (C=O) groups excluding carboxylic acids is 2. The van der Waals surface area contributed by atoms with Gasteiger partial charge in [-0.25, -0.2) is 14.5 Å². The lowest BCUT2D eigenvalue weighted by Gasteiger charge is -2.13. The number of amides is 1. The number of nitrogens with zero attached hydrogens (tertiary/aromatic N) is 3. The van der Waals surface area contributed by atoms with E-state index in [9.17, 15) is 9.59 Å². The normalized spacial score (nSPS) is 11.5. The first-order chi connectivity index (χ1) is 16.5. The molecule has 0 aliphatic heterocycles. The Labute approximate surface area is 197 Å². The molecule has 1 amide bonds. The number of ether oxygens (including phenoxy) is 2. The summed E-state index contributed by atoms with van der Waals surface area (Å²) < 4.78 is 12.3. The van der Waals surface area contributed by atoms with Crippen LogP contribution in [0.5, 0.6) is 5.75 Å². The first kappa shape index (κ1) is 22.7. The number of benzene rings is 3. The highest BCUT2D eigenvalue weighted by Crippen LogP contribution is 2.21. The smallest absolute Gasteiger partial charge is 0.379 e. The molecule has 1 aromatic heterocycles. The lowest BCUT2D eigenvalue weighted by atomic mass is 10.2. The van der Waals surface area contributed by atoms with Crippen molar-refractivity contribution in [3.63, 3.8) is 0 Å². The van der Waals surface area contributed by atoms with Crippen LogP contribution in [-0.2, 0) is 9.53 Å². The third kappa shape index (κ3) is 5.29. The van der Waals surface area contributed by atoms with E-state index in [0.29, 0.717) is 23.9 Å². The third-order valence-corrected chi connectivity index (χ3v) is 4.91. The summed E-state index contributed by atoms with van der Waals surface area (Å²) in [5.74, 6) is -0.201. The van der Waals surface area contributed by atoms with E-state index in [-0.39, 0.29) is 5.82 Å². The van der Waals surface area contributed by atoms with E-state index in [1.807, 2.05) is 67.6 Å². The Balaban J connectivity index is 1.50. The van der Waals surface area contributed by atoms with Gasteiger partial charge in [-0.1, -0.05) is 48.5 Å². The Morgan fingerprint density at radius 2 is 1.59 bits per heavy atom. The van der Waals surface area contributed by atoms with Crippen molar-refractivity contribution in [1.82, 2.24) is 14.8 Å². The molecule has 34 heavy (non-hydrogen) atoms. The van der Waals surface area contributed by atoms with Crippen LogP contribution in [0, 0.1) is 0 Å². The van der Waals surface area contributed by atoms with Gasteiger partial charge >= 0.3 is 5.97 Å². The van der Waals surface area contributed by atoms with Gasteiger partial charge in [-0.15, -0.1) is 5.10 Å². The van der Waals surface area contributed by atoms with Gasteiger partial charge < -0.3 is 14.8 Å².